The number of nitrogens with two attached hydrogens (primary N) is 1. The molecule has 1 amide bonds. The van der Waals surface area contributed by atoms with Crippen LogP contribution in [0.4, 0.5) is 11.6 Å². The van der Waals surface area contributed by atoms with Gasteiger partial charge >= 0.3 is 0 Å². The fourth-order valence-electron chi connectivity index (χ4n) is 3.23. The Bertz CT molecular complexity index is 1490. The van der Waals surface area contributed by atoms with Gasteiger partial charge in [0.25, 0.3) is 5.56 Å². The molecular weight excluding hydrogens is 454 g/mol. The predicted octanol–water partition coefficient (Wildman–Crippen LogP) is 3.27. The minimum atomic E-state index is -0.722. The molecule has 0 spiro atoms. The van der Waals surface area contributed by atoms with Crippen LogP contribution in [0.25, 0.3) is 17.0 Å². The zero-order valence-electron chi connectivity index (χ0n) is 17.8. The molecule has 1 aromatic carbocycles. The number of carbonyl (C=O) groups excluding carboxylic acids is 1. The van der Waals surface area contributed by atoms with Crippen LogP contribution in [0.1, 0.15) is 18.1 Å². The Labute approximate surface area is 197 Å². The van der Waals surface area contributed by atoms with E-state index in [-0.39, 0.29) is 38.9 Å². The molecule has 168 valence electrons. The Morgan fingerprint density at radius 2 is 1.94 bits per heavy atom. The molecule has 11 heteroatoms. The number of hydrogen-bond acceptors (Lipinski definition) is 8. The van der Waals surface area contributed by atoms with Crippen LogP contribution >= 0.6 is 11.8 Å². The fourth-order valence-corrected chi connectivity index (χ4v) is 4.15. The molecule has 0 bridgehead atoms. The number of thioether (sulfide) groups is 1. The quantitative estimate of drug-likeness (QED) is 0.360. The average molecular weight is 472 g/mol. The molecule has 0 aliphatic heterocycles. The molecule has 3 aromatic heterocycles. The number of nitrogens with one attached hydrogen (secondary N) is 2. The summed E-state index contributed by atoms with van der Waals surface area (Å²) >= 11 is 0.999. The lowest BCUT2D eigenvalue weighted by molar-refractivity contribution is -0.115. The standard InChI is InChI=1S/C23H17N7O3S/c1-13(22(32)27-18-10-19(31)30(29-18)14-6-3-2-4-7-14)34-23-16(12-25)20(17-8-5-9-33-17)15(11-24)21(26)28-23/h2-10,13,29H,1H3,(H2,26,28)(H,27,32). The lowest BCUT2D eigenvalue weighted by Crippen LogP contribution is -2.23. The van der Waals surface area contributed by atoms with Gasteiger partial charge in [-0.1, -0.05) is 30.0 Å². The second-order valence-corrected chi connectivity index (χ2v) is 8.39. The van der Waals surface area contributed by atoms with E-state index in [0.717, 1.165) is 11.8 Å². The number of anilines is 2. The van der Waals surface area contributed by atoms with Crippen LogP contribution in [-0.2, 0) is 4.79 Å². The van der Waals surface area contributed by atoms with Crippen molar-refractivity contribution in [3.8, 4) is 29.1 Å². The number of aromatic amines is 1. The molecule has 3 heterocycles. The van der Waals surface area contributed by atoms with Crippen LogP contribution in [0, 0.1) is 22.7 Å². The van der Waals surface area contributed by atoms with Crippen molar-refractivity contribution in [3.05, 3.63) is 76.3 Å². The number of nitrogens with zero attached hydrogens (tertiary/aromatic N) is 4. The van der Waals surface area contributed by atoms with E-state index in [0.29, 0.717) is 11.4 Å². The molecule has 1 unspecified atom stereocenters. The third-order valence-corrected chi connectivity index (χ3v) is 5.92. The monoisotopic (exact) mass is 471 g/mol. The number of benzene rings is 1. The fraction of sp³-hybridized carbons (Fsp3) is 0.0870. The summed E-state index contributed by atoms with van der Waals surface area (Å²) in [5.41, 5.74) is 6.58. The molecule has 4 aromatic rings. The number of nitrogen functional groups attached to an aromatic ring is 1. The molecule has 0 aliphatic carbocycles. The van der Waals surface area contributed by atoms with Crippen LogP contribution < -0.4 is 16.6 Å². The number of hydrogen-bond donors (Lipinski definition) is 3. The number of amides is 1. The first-order valence-electron chi connectivity index (χ1n) is 9.95. The van der Waals surface area contributed by atoms with Gasteiger partial charge in [0.15, 0.2) is 0 Å². The summed E-state index contributed by atoms with van der Waals surface area (Å²) in [4.78, 5) is 29.3. The molecule has 1 atom stereocenters. The summed E-state index contributed by atoms with van der Waals surface area (Å²) in [7, 11) is 0. The Morgan fingerprint density at radius 3 is 2.59 bits per heavy atom. The smallest absolute Gasteiger partial charge is 0.273 e. The van der Waals surface area contributed by atoms with Gasteiger partial charge in [0, 0.05) is 6.07 Å². The Kier molecular flexibility index (Phi) is 6.21. The maximum atomic E-state index is 12.8. The van der Waals surface area contributed by atoms with Crippen LogP contribution in [0.3, 0.4) is 0 Å². The lowest BCUT2D eigenvalue weighted by Gasteiger charge is -2.14. The first kappa shape index (κ1) is 22.5. The van der Waals surface area contributed by atoms with Gasteiger partial charge in [-0.3, -0.25) is 14.7 Å². The van der Waals surface area contributed by atoms with Gasteiger partial charge in [0.2, 0.25) is 5.91 Å². The van der Waals surface area contributed by atoms with Gasteiger partial charge in [0.05, 0.1) is 28.3 Å². The highest BCUT2D eigenvalue weighted by atomic mass is 32.2. The molecule has 0 aliphatic rings. The van der Waals surface area contributed by atoms with E-state index in [9.17, 15) is 20.1 Å². The number of H-pyrrole nitrogens is 1. The van der Waals surface area contributed by atoms with Crippen molar-refractivity contribution < 1.29 is 9.21 Å². The highest BCUT2D eigenvalue weighted by molar-refractivity contribution is 8.00. The number of aromatic nitrogens is 3. The van der Waals surface area contributed by atoms with E-state index in [1.54, 1.807) is 43.3 Å². The number of rotatable bonds is 6. The second-order valence-electron chi connectivity index (χ2n) is 7.06. The van der Waals surface area contributed by atoms with Crippen molar-refractivity contribution >= 4 is 29.3 Å². The number of para-hydroxylation sites is 1. The third kappa shape index (κ3) is 4.28. The second kappa shape index (κ2) is 9.40. The summed E-state index contributed by atoms with van der Waals surface area (Å²) in [6.45, 7) is 1.62. The maximum Gasteiger partial charge on any atom is 0.273 e. The van der Waals surface area contributed by atoms with Gasteiger partial charge in [0.1, 0.15) is 40.1 Å². The molecule has 0 radical (unpaired) electrons. The number of furan rings is 1. The molecule has 4 N–H and O–H groups in total. The minimum absolute atomic E-state index is 0.0211. The molecule has 0 fully saturated rings. The van der Waals surface area contributed by atoms with E-state index in [4.69, 9.17) is 10.2 Å². The van der Waals surface area contributed by atoms with Gasteiger partial charge in [-0.25, -0.2) is 9.67 Å². The topological polar surface area (TPSA) is 167 Å². The summed E-state index contributed by atoms with van der Waals surface area (Å²) in [5.74, 6) is 0.00303. The Hall–Kier alpha value is -4.74. The SMILES string of the molecule is CC(Sc1nc(N)c(C#N)c(-c2ccco2)c1C#N)C(=O)Nc1cc(=O)n(-c2ccccc2)[nH]1. The zero-order chi connectivity index (χ0) is 24.2. The third-order valence-electron chi connectivity index (χ3n) is 4.83. The van der Waals surface area contributed by atoms with Gasteiger partial charge in [-0.15, -0.1) is 0 Å². The number of carbonyl (C=O) groups is 1. The van der Waals surface area contributed by atoms with Crippen molar-refractivity contribution in [2.45, 2.75) is 17.2 Å². The normalized spacial score (nSPS) is 11.4. The van der Waals surface area contributed by atoms with Crippen molar-refractivity contribution in [1.29, 1.82) is 10.5 Å². The minimum Gasteiger partial charge on any atom is -0.464 e. The first-order chi connectivity index (χ1) is 16.4. The van der Waals surface area contributed by atoms with E-state index in [1.165, 1.54) is 17.0 Å². The summed E-state index contributed by atoms with van der Waals surface area (Å²) in [6.07, 6.45) is 1.42. The van der Waals surface area contributed by atoms with E-state index < -0.39 is 11.2 Å². The largest absolute Gasteiger partial charge is 0.464 e. The number of pyridine rings is 1. The van der Waals surface area contributed by atoms with Crippen LogP contribution in [0.5, 0.6) is 0 Å². The highest BCUT2D eigenvalue weighted by Crippen LogP contribution is 2.37. The molecule has 0 saturated heterocycles. The molecule has 34 heavy (non-hydrogen) atoms. The van der Waals surface area contributed by atoms with E-state index in [1.807, 2.05) is 18.2 Å². The number of nitriles is 2. The van der Waals surface area contributed by atoms with Gasteiger partial charge in [-0.05, 0) is 31.2 Å². The lowest BCUT2D eigenvalue weighted by atomic mass is 10.0. The van der Waals surface area contributed by atoms with Crippen molar-refractivity contribution in [3.63, 3.8) is 0 Å². The first-order valence-corrected chi connectivity index (χ1v) is 10.8. The Balaban J connectivity index is 1.60. The van der Waals surface area contributed by atoms with Gasteiger partial charge < -0.3 is 15.5 Å². The van der Waals surface area contributed by atoms with Crippen molar-refractivity contribution in [2.24, 2.45) is 0 Å². The average Bonchev–Trinajstić information content (AvgIpc) is 3.49. The molecule has 0 saturated carbocycles. The maximum absolute atomic E-state index is 12.8. The predicted molar refractivity (Wildman–Crippen MR) is 126 cm³/mol. The van der Waals surface area contributed by atoms with Crippen LogP contribution in [0.2, 0.25) is 0 Å². The van der Waals surface area contributed by atoms with Crippen molar-refractivity contribution in [2.75, 3.05) is 11.1 Å². The summed E-state index contributed by atoms with van der Waals surface area (Å²) in [6, 6.07) is 17.4. The highest BCUT2D eigenvalue weighted by Gasteiger charge is 2.25. The molecule has 4 rings (SSSR count). The zero-order valence-corrected chi connectivity index (χ0v) is 18.6. The van der Waals surface area contributed by atoms with Crippen molar-refractivity contribution in [1.82, 2.24) is 14.8 Å². The Morgan fingerprint density at radius 1 is 1.21 bits per heavy atom. The summed E-state index contributed by atoms with van der Waals surface area (Å²) in [5, 5.41) is 24.3. The van der Waals surface area contributed by atoms with E-state index in [2.05, 4.69) is 15.4 Å². The summed E-state index contributed by atoms with van der Waals surface area (Å²) < 4.78 is 6.69. The molecule has 10 nitrogen and oxygen atoms in total. The van der Waals surface area contributed by atoms with Crippen LogP contribution in [-0.4, -0.2) is 25.9 Å². The van der Waals surface area contributed by atoms with Crippen LogP contribution in [0.15, 0.2) is 69.0 Å². The van der Waals surface area contributed by atoms with E-state index >= 15 is 0 Å². The molecular formula is C23H17N7O3S. The van der Waals surface area contributed by atoms with Gasteiger partial charge in [-0.2, -0.15) is 10.5 Å².